The average molecular weight is 227 g/mol. The van der Waals surface area contributed by atoms with Crippen LogP contribution in [0.1, 0.15) is 23.7 Å². The van der Waals surface area contributed by atoms with Crippen molar-refractivity contribution in [1.82, 2.24) is 15.3 Å². The minimum Gasteiger partial charge on any atom is -0.307 e. The zero-order chi connectivity index (χ0) is 11.9. The minimum absolute atomic E-state index is 0.756. The van der Waals surface area contributed by atoms with E-state index in [1.54, 1.807) is 18.6 Å². The van der Waals surface area contributed by atoms with Crippen molar-refractivity contribution < 1.29 is 0 Å². The Morgan fingerprint density at radius 3 is 2.59 bits per heavy atom. The molecule has 0 spiro atoms. The highest BCUT2D eigenvalue weighted by molar-refractivity contribution is 5.26. The van der Waals surface area contributed by atoms with E-state index in [1.165, 1.54) is 11.1 Å². The first kappa shape index (κ1) is 11.7. The molecule has 0 aliphatic carbocycles. The molecule has 1 aromatic heterocycles. The van der Waals surface area contributed by atoms with E-state index in [0.29, 0.717) is 0 Å². The molecule has 2 aromatic rings. The van der Waals surface area contributed by atoms with E-state index in [4.69, 9.17) is 0 Å². The van der Waals surface area contributed by atoms with Crippen LogP contribution in [0, 0.1) is 0 Å². The Labute approximate surface area is 102 Å². The van der Waals surface area contributed by atoms with Gasteiger partial charge in [-0.15, -0.1) is 0 Å². The lowest BCUT2D eigenvalue weighted by molar-refractivity contribution is 0.672. The maximum Gasteiger partial charge on any atom is 0.0724 e. The van der Waals surface area contributed by atoms with Crippen LogP contribution in [0.15, 0.2) is 42.9 Å². The number of nitrogens with one attached hydrogen (secondary N) is 1. The van der Waals surface area contributed by atoms with Gasteiger partial charge in [-0.1, -0.05) is 31.2 Å². The summed E-state index contributed by atoms with van der Waals surface area (Å²) in [4.78, 5) is 8.27. The van der Waals surface area contributed by atoms with Gasteiger partial charge >= 0.3 is 0 Å². The molecule has 0 fully saturated rings. The summed E-state index contributed by atoms with van der Waals surface area (Å²) in [6, 6.07) is 8.52. The molecule has 0 bridgehead atoms. The van der Waals surface area contributed by atoms with Crippen LogP contribution in [-0.4, -0.2) is 9.97 Å². The molecule has 0 aliphatic heterocycles. The molecule has 88 valence electrons. The van der Waals surface area contributed by atoms with Crippen molar-refractivity contribution in [3.63, 3.8) is 0 Å². The van der Waals surface area contributed by atoms with Gasteiger partial charge in [0.25, 0.3) is 0 Å². The van der Waals surface area contributed by atoms with Gasteiger partial charge in [0.05, 0.1) is 5.69 Å². The molecule has 2 rings (SSSR count). The zero-order valence-corrected chi connectivity index (χ0v) is 10.1. The van der Waals surface area contributed by atoms with Crippen molar-refractivity contribution in [1.29, 1.82) is 0 Å². The van der Waals surface area contributed by atoms with E-state index in [-0.39, 0.29) is 0 Å². The molecule has 1 heterocycles. The first-order valence-electron chi connectivity index (χ1n) is 5.92. The number of hydrogen-bond donors (Lipinski definition) is 1. The first-order valence-corrected chi connectivity index (χ1v) is 5.92. The van der Waals surface area contributed by atoms with Gasteiger partial charge in [-0.2, -0.15) is 0 Å². The van der Waals surface area contributed by atoms with E-state index >= 15 is 0 Å². The van der Waals surface area contributed by atoms with Crippen molar-refractivity contribution in [2.75, 3.05) is 0 Å². The lowest BCUT2D eigenvalue weighted by Crippen LogP contribution is -2.14. The van der Waals surface area contributed by atoms with E-state index < -0.39 is 0 Å². The smallest absolute Gasteiger partial charge is 0.0724 e. The van der Waals surface area contributed by atoms with Gasteiger partial charge in [0.15, 0.2) is 0 Å². The van der Waals surface area contributed by atoms with Crippen molar-refractivity contribution in [3.8, 4) is 0 Å². The lowest BCUT2D eigenvalue weighted by atomic mass is 10.1. The molecule has 3 heteroatoms. The second-order valence-corrected chi connectivity index (χ2v) is 3.92. The third-order valence-electron chi connectivity index (χ3n) is 2.74. The van der Waals surface area contributed by atoms with E-state index in [0.717, 1.165) is 25.2 Å². The monoisotopic (exact) mass is 227 g/mol. The van der Waals surface area contributed by atoms with Gasteiger partial charge in [-0.05, 0) is 17.5 Å². The fraction of sp³-hybridized carbons (Fsp3) is 0.286. The minimum atomic E-state index is 0.756. The zero-order valence-electron chi connectivity index (χ0n) is 10.1. The Balaban J connectivity index is 1.90. The number of hydrogen-bond acceptors (Lipinski definition) is 3. The molecule has 0 amide bonds. The highest BCUT2D eigenvalue weighted by Crippen LogP contribution is 2.09. The Morgan fingerprint density at radius 2 is 1.88 bits per heavy atom. The van der Waals surface area contributed by atoms with Crippen LogP contribution in [0.25, 0.3) is 0 Å². The number of nitrogens with zero attached hydrogens (tertiary/aromatic N) is 2. The topological polar surface area (TPSA) is 37.8 Å². The molecule has 0 unspecified atom stereocenters. The molecule has 1 aromatic carbocycles. The predicted molar refractivity (Wildman–Crippen MR) is 68.4 cm³/mol. The summed E-state index contributed by atoms with van der Waals surface area (Å²) in [6.45, 7) is 3.81. The molecule has 3 nitrogen and oxygen atoms in total. The van der Waals surface area contributed by atoms with E-state index in [9.17, 15) is 0 Å². The van der Waals surface area contributed by atoms with Crippen molar-refractivity contribution in [3.05, 3.63) is 59.7 Å². The molecule has 0 atom stereocenters. The van der Waals surface area contributed by atoms with Crippen LogP contribution in [0.3, 0.4) is 0 Å². The van der Waals surface area contributed by atoms with Crippen LogP contribution in [-0.2, 0) is 19.5 Å². The molecule has 0 saturated heterocycles. The standard InChI is InChI=1S/C14H17N3/c1-2-12-5-3-4-6-13(12)9-16-11-14-10-15-7-8-17-14/h3-8,10,16H,2,9,11H2,1H3. The number of aryl methyl sites for hydroxylation is 1. The Hall–Kier alpha value is -1.74. The molecule has 17 heavy (non-hydrogen) atoms. The maximum absolute atomic E-state index is 4.23. The summed E-state index contributed by atoms with van der Waals surface area (Å²) in [5, 5.41) is 3.39. The highest BCUT2D eigenvalue weighted by atomic mass is 14.9. The summed E-state index contributed by atoms with van der Waals surface area (Å²) in [5.41, 5.74) is 3.74. The third-order valence-corrected chi connectivity index (χ3v) is 2.74. The third kappa shape index (κ3) is 3.36. The SMILES string of the molecule is CCc1ccccc1CNCc1cnccn1. The summed E-state index contributed by atoms with van der Waals surface area (Å²) >= 11 is 0. The molecule has 0 aliphatic rings. The van der Waals surface area contributed by atoms with Crippen LogP contribution < -0.4 is 5.32 Å². The Bertz CT molecular complexity index is 454. The maximum atomic E-state index is 4.23. The number of rotatable bonds is 5. The summed E-state index contributed by atoms with van der Waals surface area (Å²) in [6.07, 6.45) is 6.27. The van der Waals surface area contributed by atoms with Gasteiger partial charge < -0.3 is 5.32 Å². The highest BCUT2D eigenvalue weighted by Gasteiger charge is 1.99. The van der Waals surface area contributed by atoms with Crippen LogP contribution >= 0.6 is 0 Å². The van der Waals surface area contributed by atoms with Crippen LogP contribution in [0.2, 0.25) is 0 Å². The quantitative estimate of drug-likeness (QED) is 0.852. The molecule has 0 saturated carbocycles. The van der Waals surface area contributed by atoms with Crippen LogP contribution in [0.5, 0.6) is 0 Å². The Morgan fingerprint density at radius 1 is 1.06 bits per heavy atom. The largest absolute Gasteiger partial charge is 0.307 e. The van der Waals surface area contributed by atoms with Crippen LogP contribution in [0.4, 0.5) is 0 Å². The summed E-state index contributed by atoms with van der Waals surface area (Å²) < 4.78 is 0. The van der Waals surface area contributed by atoms with Crippen molar-refractivity contribution >= 4 is 0 Å². The van der Waals surface area contributed by atoms with Gasteiger partial charge in [0, 0.05) is 31.7 Å². The molecule has 0 radical (unpaired) electrons. The predicted octanol–water partition coefficient (Wildman–Crippen LogP) is 2.33. The molecular formula is C14H17N3. The average Bonchev–Trinajstić information content (AvgIpc) is 2.40. The first-order chi connectivity index (χ1) is 8.40. The fourth-order valence-electron chi connectivity index (χ4n) is 1.82. The van der Waals surface area contributed by atoms with Crippen molar-refractivity contribution in [2.45, 2.75) is 26.4 Å². The van der Waals surface area contributed by atoms with Gasteiger partial charge in [-0.3, -0.25) is 9.97 Å². The van der Waals surface area contributed by atoms with E-state index in [2.05, 4.69) is 46.5 Å². The normalized spacial score (nSPS) is 10.4. The van der Waals surface area contributed by atoms with Gasteiger partial charge in [0.2, 0.25) is 0 Å². The number of aromatic nitrogens is 2. The number of benzene rings is 1. The molecule has 1 N–H and O–H groups in total. The molecular weight excluding hydrogens is 210 g/mol. The van der Waals surface area contributed by atoms with Gasteiger partial charge in [-0.25, -0.2) is 0 Å². The Kier molecular flexibility index (Phi) is 4.22. The second kappa shape index (κ2) is 6.11. The lowest BCUT2D eigenvalue weighted by Gasteiger charge is -2.08. The van der Waals surface area contributed by atoms with Crippen molar-refractivity contribution in [2.24, 2.45) is 0 Å². The van der Waals surface area contributed by atoms with Gasteiger partial charge in [0.1, 0.15) is 0 Å². The summed E-state index contributed by atoms with van der Waals surface area (Å²) in [7, 11) is 0. The fourth-order valence-corrected chi connectivity index (χ4v) is 1.82. The summed E-state index contributed by atoms with van der Waals surface area (Å²) in [5.74, 6) is 0. The second-order valence-electron chi connectivity index (χ2n) is 3.92. The van der Waals surface area contributed by atoms with E-state index in [1.807, 2.05) is 0 Å².